The van der Waals surface area contributed by atoms with Gasteiger partial charge in [-0.25, -0.2) is 4.98 Å². The minimum atomic E-state index is -0.404. The van der Waals surface area contributed by atoms with E-state index in [9.17, 15) is 9.59 Å². The number of carbonyl (C=O) groups excluding carboxylic acids is 1. The second-order valence-corrected chi connectivity index (χ2v) is 4.05. The number of hydrogen-bond donors (Lipinski definition) is 2. The van der Waals surface area contributed by atoms with Gasteiger partial charge >= 0.3 is 0 Å². The first-order valence-corrected chi connectivity index (χ1v) is 5.57. The maximum absolute atomic E-state index is 11.9. The van der Waals surface area contributed by atoms with Gasteiger partial charge in [-0.1, -0.05) is 11.6 Å². The van der Waals surface area contributed by atoms with Gasteiger partial charge in [-0.15, -0.1) is 0 Å². The van der Waals surface area contributed by atoms with Crippen molar-refractivity contribution in [3.05, 3.63) is 57.2 Å². The minimum Gasteiger partial charge on any atom is -0.329 e. The second-order valence-electron chi connectivity index (χ2n) is 3.69. The fourth-order valence-corrected chi connectivity index (χ4v) is 1.70. The van der Waals surface area contributed by atoms with E-state index in [1.807, 2.05) is 0 Å². The normalized spacial score (nSPS) is 10.1. The number of anilines is 1. The molecule has 0 aliphatic rings. The molecule has 2 heterocycles. The predicted molar refractivity (Wildman–Crippen MR) is 69.0 cm³/mol. The third-order valence-electron chi connectivity index (χ3n) is 2.39. The average Bonchev–Trinajstić information content (AvgIpc) is 2.34. The molecule has 18 heavy (non-hydrogen) atoms. The lowest BCUT2D eigenvalue weighted by Gasteiger charge is -2.09. The van der Waals surface area contributed by atoms with Crippen molar-refractivity contribution in [2.75, 3.05) is 5.32 Å². The molecule has 0 fully saturated rings. The summed E-state index contributed by atoms with van der Waals surface area (Å²) < 4.78 is 0. The van der Waals surface area contributed by atoms with Crippen LogP contribution >= 0.6 is 11.6 Å². The monoisotopic (exact) mass is 263 g/mol. The van der Waals surface area contributed by atoms with E-state index in [1.54, 1.807) is 19.2 Å². The number of carbonyl (C=O) groups is 1. The Labute approximate surface area is 108 Å². The molecule has 0 saturated heterocycles. The zero-order valence-corrected chi connectivity index (χ0v) is 10.3. The Morgan fingerprint density at radius 1 is 1.44 bits per heavy atom. The predicted octanol–water partition coefficient (Wildman–Crippen LogP) is 1.98. The minimum absolute atomic E-state index is 0.216. The molecule has 2 N–H and O–H groups in total. The van der Waals surface area contributed by atoms with Crippen molar-refractivity contribution in [1.29, 1.82) is 0 Å². The first-order chi connectivity index (χ1) is 8.58. The van der Waals surface area contributed by atoms with E-state index in [0.717, 1.165) is 5.56 Å². The second kappa shape index (κ2) is 5.01. The van der Waals surface area contributed by atoms with Gasteiger partial charge in [-0.2, -0.15) is 0 Å². The van der Waals surface area contributed by atoms with Crippen LogP contribution in [-0.2, 0) is 0 Å². The van der Waals surface area contributed by atoms with E-state index in [4.69, 9.17) is 11.6 Å². The van der Waals surface area contributed by atoms with Crippen LogP contribution in [0.1, 0.15) is 15.9 Å². The first kappa shape index (κ1) is 12.3. The number of aromatic nitrogens is 2. The lowest BCUT2D eigenvalue weighted by molar-refractivity contribution is 0.102. The van der Waals surface area contributed by atoms with Crippen LogP contribution in [0.25, 0.3) is 0 Å². The van der Waals surface area contributed by atoms with E-state index < -0.39 is 5.91 Å². The number of pyridine rings is 2. The number of aryl methyl sites for hydroxylation is 1. The van der Waals surface area contributed by atoms with Crippen molar-refractivity contribution in [1.82, 2.24) is 9.97 Å². The van der Waals surface area contributed by atoms with Gasteiger partial charge in [0.05, 0.1) is 5.69 Å². The van der Waals surface area contributed by atoms with Gasteiger partial charge in [-0.3, -0.25) is 9.59 Å². The van der Waals surface area contributed by atoms with Crippen molar-refractivity contribution in [3.8, 4) is 0 Å². The van der Waals surface area contributed by atoms with Crippen LogP contribution in [-0.4, -0.2) is 15.9 Å². The van der Waals surface area contributed by atoms with Crippen molar-refractivity contribution >= 4 is 23.2 Å². The molecular weight excluding hydrogens is 254 g/mol. The molecule has 2 aromatic rings. The van der Waals surface area contributed by atoms with Crippen LogP contribution in [0.3, 0.4) is 0 Å². The number of amides is 1. The molecule has 0 bridgehead atoms. The number of rotatable bonds is 2. The zero-order chi connectivity index (χ0) is 13.1. The fourth-order valence-electron chi connectivity index (χ4n) is 1.45. The number of hydrogen-bond acceptors (Lipinski definition) is 3. The molecule has 92 valence electrons. The van der Waals surface area contributed by atoms with Crippen molar-refractivity contribution in [2.24, 2.45) is 0 Å². The molecule has 0 aromatic carbocycles. The summed E-state index contributed by atoms with van der Waals surface area (Å²) in [6.45, 7) is 1.81. The number of aromatic amines is 1. The number of halogens is 1. The van der Waals surface area contributed by atoms with Crippen molar-refractivity contribution < 1.29 is 4.79 Å². The Morgan fingerprint density at radius 3 is 2.89 bits per heavy atom. The molecule has 2 aromatic heterocycles. The Bertz CT molecular complexity index is 632. The summed E-state index contributed by atoms with van der Waals surface area (Å²) in [5.41, 5.74) is 1.17. The molecule has 1 amide bonds. The van der Waals surface area contributed by atoms with Crippen LogP contribution in [0.4, 0.5) is 5.69 Å². The van der Waals surface area contributed by atoms with Crippen LogP contribution in [0.2, 0.25) is 5.15 Å². The molecule has 0 aliphatic heterocycles. The molecule has 0 atom stereocenters. The van der Waals surface area contributed by atoms with E-state index in [-0.39, 0.29) is 16.3 Å². The number of nitrogens with one attached hydrogen (secondary N) is 2. The van der Waals surface area contributed by atoms with Gasteiger partial charge in [0, 0.05) is 24.0 Å². The van der Waals surface area contributed by atoms with Crippen molar-refractivity contribution in [3.63, 3.8) is 0 Å². The summed E-state index contributed by atoms with van der Waals surface area (Å²) in [5, 5.41) is 2.85. The van der Waals surface area contributed by atoms with Gasteiger partial charge < -0.3 is 10.3 Å². The highest BCUT2D eigenvalue weighted by atomic mass is 35.5. The van der Waals surface area contributed by atoms with E-state index >= 15 is 0 Å². The van der Waals surface area contributed by atoms with Crippen LogP contribution in [0.15, 0.2) is 35.4 Å². The summed E-state index contributed by atoms with van der Waals surface area (Å²) in [5.74, 6) is -0.404. The molecule has 0 radical (unpaired) electrons. The summed E-state index contributed by atoms with van der Waals surface area (Å²) in [7, 11) is 0. The summed E-state index contributed by atoms with van der Waals surface area (Å²) in [6.07, 6.45) is 2.97. The third-order valence-corrected chi connectivity index (χ3v) is 2.68. The van der Waals surface area contributed by atoms with E-state index in [1.165, 1.54) is 18.3 Å². The third kappa shape index (κ3) is 2.57. The van der Waals surface area contributed by atoms with Gasteiger partial charge in [0.15, 0.2) is 5.15 Å². The summed E-state index contributed by atoms with van der Waals surface area (Å²) in [4.78, 5) is 29.4. The van der Waals surface area contributed by atoms with Crippen LogP contribution in [0, 0.1) is 6.92 Å². The van der Waals surface area contributed by atoms with Crippen LogP contribution < -0.4 is 10.9 Å². The molecule has 0 spiro atoms. The Balaban J connectivity index is 2.30. The van der Waals surface area contributed by atoms with E-state index in [2.05, 4.69) is 15.3 Å². The molecule has 0 saturated carbocycles. The highest BCUT2D eigenvalue weighted by Gasteiger charge is 2.11. The fraction of sp³-hybridized carbons (Fsp3) is 0.0833. The van der Waals surface area contributed by atoms with Gasteiger partial charge in [0.1, 0.15) is 0 Å². The maximum atomic E-state index is 11.9. The molecule has 5 nitrogen and oxygen atoms in total. The smallest absolute Gasteiger partial charge is 0.256 e. The SMILES string of the molecule is Cc1ccnc(Cl)c1NC(=O)c1cc[nH]c(=O)c1. The summed E-state index contributed by atoms with van der Waals surface area (Å²) >= 11 is 5.90. The standard InChI is InChI=1S/C12H10ClN3O2/c1-7-2-4-15-11(13)10(7)16-12(18)8-3-5-14-9(17)6-8/h2-6H,1H3,(H,14,17)(H,16,18). The lowest BCUT2D eigenvalue weighted by Crippen LogP contribution is -2.16. The van der Waals surface area contributed by atoms with Gasteiger partial charge in [-0.05, 0) is 24.6 Å². The molecule has 0 unspecified atom stereocenters. The number of nitrogens with zero attached hydrogens (tertiary/aromatic N) is 1. The summed E-state index contributed by atoms with van der Waals surface area (Å²) in [6, 6.07) is 4.46. The number of H-pyrrole nitrogens is 1. The van der Waals surface area contributed by atoms with E-state index in [0.29, 0.717) is 5.69 Å². The van der Waals surface area contributed by atoms with Gasteiger partial charge in [0.25, 0.3) is 5.91 Å². The zero-order valence-electron chi connectivity index (χ0n) is 9.53. The average molecular weight is 264 g/mol. The Kier molecular flexibility index (Phi) is 3.43. The van der Waals surface area contributed by atoms with Crippen LogP contribution in [0.5, 0.6) is 0 Å². The quantitative estimate of drug-likeness (QED) is 0.814. The lowest BCUT2D eigenvalue weighted by atomic mass is 10.2. The first-order valence-electron chi connectivity index (χ1n) is 5.19. The van der Waals surface area contributed by atoms with Gasteiger partial charge in [0.2, 0.25) is 5.56 Å². The largest absolute Gasteiger partial charge is 0.329 e. The highest BCUT2D eigenvalue weighted by Crippen LogP contribution is 2.23. The molecule has 2 rings (SSSR count). The van der Waals surface area contributed by atoms with Crippen molar-refractivity contribution in [2.45, 2.75) is 6.92 Å². The molecule has 0 aliphatic carbocycles. The molecule has 6 heteroatoms. The maximum Gasteiger partial charge on any atom is 0.256 e. The Hall–Kier alpha value is -2.14. The molecular formula is C12H10ClN3O2. The highest BCUT2D eigenvalue weighted by molar-refractivity contribution is 6.32. The Morgan fingerprint density at radius 2 is 2.22 bits per heavy atom. The topological polar surface area (TPSA) is 74.8 Å².